The summed E-state index contributed by atoms with van der Waals surface area (Å²) in [4.78, 5) is 22.5. The molecule has 1 aromatic carbocycles. The highest BCUT2D eigenvalue weighted by Crippen LogP contribution is 2.30. The van der Waals surface area contributed by atoms with E-state index in [9.17, 15) is 4.79 Å². The van der Waals surface area contributed by atoms with E-state index < -0.39 is 0 Å². The first-order chi connectivity index (χ1) is 12.3. The summed E-state index contributed by atoms with van der Waals surface area (Å²) in [6.45, 7) is 2.93. The highest BCUT2D eigenvalue weighted by atomic mass is 16.1. The van der Waals surface area contributed by atoms with E-state index >= 15 is 0 Å². The number of amides is 1. The van der Waals surface area contributed by atoms with Crippen LogP contribution in [0.2, 0.25) is 0 Å². The zero-order chi connectivity index (χ0) is 17.1. The van der Waals surface area contributed by atoms with Crippen molar-refractivity contribution in [2.24, 2.45) is 0 Å². The van der Waals surface area contributed by atoms with Gasteiger partial charge in [0.15, 0.2) is 0 Å². The van der Waals surface area contributed by atoms with Gasteiger partial charge in [-0.15, -0.1) is 0 Å². The standard InChI is InChI=1S/C19H23N5O/c25-17-12-16-18(23-17)21-13-22-19(16)24-10-7-15(8-11-24)20-9-6-14-4-2-1-3-5-14/h1-5,13,15,20H,6-12H2,(H,21,22,23,25). The molecule has 2 aliphatic heterocycles. The maximum atomic E-state index is 11.6. The molecule has 6 heteroatoms. The Morgan fingerprint density at radius 1 is 1.16 bits per heavy atom. The van der Waals surface area contributed by atoms with Gasteiger partial charge in [-0.05, 0) is 31.4 Å². The second-order valence-electron chi connectivity index (χ2n) is 6.70. The number of aromatic nitrogens is 2. The van der Waals surface area contributed by atoms with Gasteiger partial charge in [0.2, 0.25) is 5.91 Å². The minimum atomic E-state index is 0.00853. The highest BCUT2D eigenvalue weighted by Gasteiger charge is 2.28. The van der Waals surface area contributed by atoms with E-state index in [1.54, 1.807) is 6.33 Å². The SMILES string of the molecule is O=C1Cc2c(ncnc2N2CCC(NCCc3ccccc3)CC2)N1. The van der Waals surface area contributed by atoms with Crippen LogP contribution in [-0.2, 0) is 17.6 Å². The number of nitrogens with one attached hydrogen (secondary N) is 2. The van der Waals surface area contributed by atoms with Gasteiger partial charge in [0.05, 0.1) is 6.42 Å². The fourth-order valence-electron chi connectivity index (χ4n) is 3.64. The summed E-state index contributed by atoms with van der Waals surface area (Å²) >= 11 is 0. The molecule has 2 aromatic rings. The van der Waals surface area contributed by atoms with E-state index in [0.717, 1.165) is 50.3 Å². The summed E-state index contributed by atoms with van der Waals surface area (Å²) in [6, 6.07) is 11.1. The van der Waals surface area contributed by atoms with Crippen molar-refractivity contribution in [2.75, 3.05) is 29.9 Å². The summed E-state index contributed by atoms with van der Waals surface area (Å²) < 4.78 is 0. The third kappa shape index (κ3) is 3.64. The van der Waals surface area contributed by atoms with Crippen molar-refractivity contribution >= 4 is 17.5 Å². The summed E-state index contributed by atoms with van der Waals surface area (Å²) in [5.41, 5.74) is 2.32. The molecular weight excluding hydrogens is 314 g/mol. The molecular formula is C19H23N5O. The van der Waals surface area contributed by atoms with Crippen molar-refractivity contribution in [1.29, 1.82) is 0 Å². The second kappa shape index (κ2) is 7.19. The van der Waals surface area contributed by atoms with Gasteiger partial charge in [-0.2, -0.15) is 0 Å². The average molecular weight is 337 g/mol. The molecule has 25 heavy (non-hydrogen) atoms. The molecule has 0 spiro atoms. The van der Waals surface area contributed by atoms with Crippen LogP contribution >= 0.6 is 0 Å². The minimum Gasteiger partial charge on any atom is -0.356 e. The zero-order valence-corrected chi connectivity index (χ0v) is 14.2. The van der Waals surface area contributed by atoms with E-state index in [2.05, 4.69) is 55.8 Å². The molecule has 1 amide bonds. The molecule has 3 heterocycles. The van der Waals surface area contributed by atoms with Gasteiger partial charge in [-0.3, -0.25) is 4.79 Å². The molecule has 0 bridgehead atoms. The monoisotopic (exact) mass is 337 g/mol. The van der Waals surface area contributed by atoms with Crippen LogP contribution in [0, 0.1) is 0 Å². The predicted molar refractivity (Wildman–Crippen MR) is 97.7 cm³/mol. The van der Waals surface area contributed by atoms with Crippen molar-refractivity contribution in [3.05, 3.63) is 47.8 Å². The Balaban J connectivity index is 1.29. The number of hydrogen-bond acceptors (Lipinski definition) is 5. The third-order valence-corrected chi connectivity index (χ3v) is 5.00. The number of piperidine rings is 1. The van der Waals surface area contributed by atoms with Crippen LogP contribution in [0.3, 0.4) is 0 Å². The zero-order valence-electron chi connectivity index (χ0n) is 14.2. The van der Waals surface area contributed by atoms with Gasteiger partial charge in [-0.25, -0.2) is 9.97 Å². The van der Waals surface area contributed by atoms with Gasteiger partial charge in [0.1, 0.15) is 18.0 Å². The molecule has 0 saturated carbocycles. The van der Waals surface area contributed by atoms with E-state index in [4.69, 9.17) is 0 Å². The summed E-state index contributed by atoms with van der Waals surface area (Å²) in [5, 5.41) is 6.48. The number of fused-ring (bicyclic) bond motifs is 1. The maximum absolute atomic E-state index is 11.6. The Hall–Kier alpha value is -2.47. The Bertz CT molecular complexity index is 741. The fraction of sp³-hybridized carbons (Fsp3) is 0.421. The van der Waals surface area contributed by atoms with Gasteiger partial charge in [0.25, 0.3) is 0 Å². The largest absolute Gasteiger partial charge is 0.356 e. The molecule has 6 nitrogen and oxygen atoms in total. The molecule has 0 aliphatic carbocycles. The fourth-order valence-corrected chi connectivity index (χ4v) is 3.64. The number of carbonyl (C=O) groups is 1. The molecule has 2 aliphatic rings. The first-order valence-corrected chi connectivity index (χ1v) is 8.95. The Morgan fingerprint density at radius 3 is 2.76 bits per heavy atom. The Kier molecular flexibility index (Phi) is 4.61. The first kappa shape index (κ1) is 16.0. The Labute approximate surface area is 147 Å². The number of carbonyl (C=O) groups excluding carboxylic acids is 1. The molecule has 2 N–H and O–H groups in total. The van der Waals surface area contributed by atoms with Gasteiger partial charge < -0.3 is 15.5 Å². The molecule has 0 unspecified atom stereocenters. The topological polar surface area (TPSA) is 70.2 Å². The van der Waals surface area contributed by atoms with Gasteiger partial charge >= 0.3 is 0 Å². The average Bonchev–Trinajstić information content (AvgIpc) is 3.03. The molecule has 0 atom stereocenters. The normalized spacial score (nSPS) is 17.4. The van der Waals surface area contributed by atoms with E-state index in [0.29, 0.717) is 18.3 Å². The molecule has 1 aromatic heterocycles. The number of benzene rings is 1. The van der Waals surface area contributed by atoms with Crippen LogP contribution in [0.15, 0.2) is 36.7 Å². The van der Waals surface area contributed by atoms with Crippen molar-refractivity contribution in [3.63, 3.8) is 0 Å². The van der Waals surface area contributed by atoms with Crippen molar-refractivity contribution in [1.82, 2.24) is 15.3 Å². The lowest BCUT2D eigenvalue weighted by atomic mass is 10.0. The van der Waals surface area contributed by atoms with E-state index in [1.165, 1.54) is 5.56 Å². The van der Waals surface area contributed by atoms with Crippen LogP contribution in [-0.4, -0.2) is 41.6 Å². The lowest BCUT2D eigenvalue weighted by molar-refractivity contribution is -0.115. The van der Waals surface area contributed by atoms with Crippen LogP contribution in [0.25, 0.3) is 0 Å². The lowest BCUT2D eigenvalue weighted by Gasteiger charge is -2.34. The molecule has 4 rings (SSSR count). The van der Waals surface area contributed by atoms with Crippen LogP contribution in [0.4, 0.5) is 11.6 Å². The number of rotatable bonds is 5. The van der Waals surface area contributed by atoms with E-state index in [1.807, 2.05) is 0 Å². The van der Waals surface area contributed by atoms with Crippen molar-refractivity contribution in [2.45, 2.75) is 31.7 Å². The Morgan fingerprint density at radius 2 is 1.96 bits per heavy atom. The lowest BCUT2D eigenvalue weighted by Crippen LogP contribution is -2.43. The van der Waals surface area contributed by atoms with Crippen molar-refractivity contribution < 1.29 is 4.79 Å². The van der Waals surface area contributed by atoms with Gasteiger partial charge in [-0.1, -0.05) is 30.3 Å². The number of hydrogen-bond donors (Lipinski definition) is 2. The van der Waals surface area contributed by atoms with Crippen LogP contribution in [0.1, 0.15) is 24.0 Å². The maximum Gasteiger partial charge on any atom is 0.230 e. The predicted octanol–water partition coefficient (Wildman–Crippen LogP) is 1.77. The quantitative estimate of drug-likeness (QED) is 0.870. The summed E-state index contributed by atoms with van der Waals surface area (Å²) in [5.74, 6) is 1.61. The summed E-state index contributed by atoms with van der Waals surface area (Å²) in [6.07, 6.45) is 5.18. The van der Waals surface area contributed by atoms with Crippen LogP contribution < -0.4 is 15.5 Å². The molecule has 130 valence electrons. The number of nitrogens with zero attached hydrogens (tertiary/aromatic N) is 3. The summed E-state index contributed by atoms with van der Waals surface area (Å²) in [7, 11) is 0. The highest BCUT2D eigenvalue weighted by molar-refractivity contribution is 5.99. The first-order valence-electron chi connectivity index (χ1n) is 8.95. The smallest absolute Gasteiger partial charge is 0.230 e. The molecule has 1 saturated heterocycles. The molecule has 0 radical (unpaired) electrons. The third-order valence-electron chi connectivity index (χ3n) is 5.00. The van der Waals surface area contributed by atoms with Gasteiger partial charge in [0, 0.05) is 24.7 Å². The number of anilines is 2. The van der Waals surface area contributed by atoms with E-state index in [-0.39, 0.29) is 5.91 Å². The molecule has 1 fully saturated rings. The minimum absolute atomic E-state index is 0.00853. The van der Waals surface area contributed by atoms with Crippen LogP contribution in [0.5, 0.6) is 0 Å². The van der Waals surface area contributed by atoms with Crippen molar-refractivity contribution in [3.8, 4) is 0 Å². The second-order valence-corrected chi connectivity index (χ2v) is 6.70.